The highest BCUT2D eigenvalue weighted by atomic mass is 35.5. The van der Waals surface area contributed by atoms with Crippen molar-refractivity contribution in [3.63, 3.8) is 0 Å². The van der Waals surface area contributed by atoms with E-state index in [4.69, 9.17) is 16.0 Å². The number of nitrogens with zero attached hydrogens (tertiary/aromatic N) is 3. The SMILES string of the molecule is Cn1c(=O)oc2cnc(NC(C)(C)c3cc4cc(Cl)ccc4[nH]c3=O)nc21. The van der Waals surface area contributed by atoms with E-state index in [1.54, 1.807) is 31.3 Å². The molecule has 0 atom stereocenters. The van der Waals surface area contributed by atoms with Crippen molar-refractivity contribution in [3.05, 3.63) is 62.0 Å². The van der Waals surface area contributed by atoms with Crippen LogP contribution >= 0.6 is 11.6 Å². The lowest BCUT2D eigenvalue weighted by Crippen LogP contribution is -2.35. The molecule has 0 spiro atoms. The van der Waals surface area contributed by atoms with Gasteiger partial charge in [-0.05, 0) is 38.1 Å². The summed E-state index contributed by atoms with van der Waals surface area (Å²) in [6.45, 7) is 3.69. The summed E-state index contributed by atoms with van der Waals surface area (Å²) in [6, 6.07) is 7.07. The number of anilines is 1. The Morgan fingerprint density at radius 2 is 2.04 bits per heavy atom. The molecule has 0 saturated heterocycles. The molecule has 8 nitrogen and oxygen atoms in total. The number of rotatable bonds is 3. The van der Waals surface area contributed by atoms with Crippen LogP contribution < -0.4 is 16.6 Å². The number of nitrogens with one attached hydrogen (secondary N) is 2. The Balaban J connectivity index is 1.78. The van der Waals surface area contributed by atoms with E-state index in [-0.39, 0.29) is 11.5 Å². The predicted octanol–water partition coefficient (Wildman–Crippen LogP) is 2.76. The number of hydrogen-bond acceptors (Lipinski definition) is 6. The van der Waals surface area contributed by atoms with Gasteiger partial charge in [-0.15, -0.1) is 0 Å². The van der Waals surface area contributed by atoms with Gasteiger partial charge in [0.15, 0.2) is 11.2 Å². The van der Waals surface area contributed by atoms with Gasteiger partial charge in [0.25, 0.3) is 5.56 Å². The number of pyridine rings is 1. The van der Waals surface area contributed by atoms with E-state index in [0.717, 1.165) is 5.39 Å². The topological polar surface area (TPSA) is 106 Å². The molecular weight excluding hydrogens is 370 g/mol. The number of aromatic nitrogens is 4. The second-order valence-electron chi connectivity index (χ2n) is 6.80. The maximum absolute atomic E-state index is 12.6. The van der Waals surface area contributed by atoms with Crippen LogP contribution in [0.3, 0.4) is 0 Å². The van der Waals surface area contributed by atoms with Crippen molar-refractivity contribution in [2.75, 3.05) is 5.32 Å². The van der Waals surface area contributed by atoms with Crippen LogP contribution in [-0.4, -0.2) is 19.5 Å². The molecular formula is C18H16ClN5O3. The molecule has 0 fully saturated rings. The first-order valence-electron chi connectivity index (χ1n) is 8.18. The molecule has 1 aromatic carbocycles. The molecule has 27 heavy (non-hydrogen) atoms. The second kappa shape index (κ2) is 5.95. The first-order valence-corrected chi connectivity index (χ1v) is 8.56. The number of aromatic amines is 1. The standard InChI is InChI=1S/C18H16ClN5O3/c1-18(2,11-7-9-6-10(19)4-5-12(9)21-15(11)25)23-16-20-8-13-14(22-16)24(3)17(26)27-13/h4-8H,1-3H3,(H,21,25)(H,20,22,23). The molecule has 0 amide bonds. The molecule has 4 rings (SSSR count). The zero-order chi connectivity index (χ0) is 19.3. The first kappa shape index (κ1) is 17.3. The van der Waals surface area contributed by atoms with Crippen LogP contribution in [0.4, 0.5) is 5.95 Å². The molecule has 4 aromatic rings. The Morgan fingerprint density at radius 3 is 2.81 bits per heavy atom. The average Bonchev–Trinajstić information content (AvgIpc) is 2.88. The second-order valence-corrected chi connectivity index (χ2v) is 7.24. The third kappa shape index (κ3) is 2.97. The molecule has 0 bridgehead atoms. The quantitative estimate of drug-likeness (QED) is 0.561. The van der Waals surface area contributed by atoms with Crippen molar-refractivity contribution in [2.45, 2.75) is 19.4 Å². The largest absolute Gasteiger partial charge is 0.420 e. The van der Waals surface area contributed by atoms with Gasteiger partial charge < -0.3 is 14.7 Å². The molecule has 0 aliphatic heterocycles. The van der Waals surface area contributed by atoms with Crippen LogP contribution in [-0.2, 0) is 12.6 Å². The van der Waals surface area contributed by atoms with Crippen LogP contribution in [0.1, 0.15) is 19.4 Å². The Bertz CT molecular complexity index is 1300. The zero-order valence-electron chi connectivity index (χ0n) is 14.8. The smallest absolute Gasteiger partial charge is 0.404 e. The van der Waals surface area contributed by atoms with E-state index >= 15 is 0 Å². The minimum Gasteiger partial charge on any atom is -0.404 e. The van der Waals surface area contributed by atoms with E-state index in [1.807, 2.05) is 13.8 Å². The van der Waals surface area contributed by atoms with Crippen molar-refractivity contribution < 1.29 is 4.42 Å². The van der Waals surface area contributed by atoms with Crippen molar-refractivity contribution in [1.29, 1.82) is 0 Å². The maximum atomic E-state index is 12.6. The number of aryl methyl sites for hydroxylation is 1. The van der Waals surface area contributed by atoms with Crippen molar-refractivity contribution in [3.8, 4) is 0 Å². The average molecular weight is 386 g/mol. The lowest BCUT2D eigenvalue weighted by Gasteiger charge is -2.26. The Kier molecular flexibility index (Phi) is 3.81. The van der Waals surface area contributed by atoms with Crippen LogP contribution in [0.2, 0.25) is 5.02 Å². The van der Waals surface area contributed by atoms with Gasteiger partial charge in [-0.25, -0.2) is 9.78 Å². The van der Waals surface area contributed by atoms with Gasteiger partial charge in [0, 0.05) is 28.5 Å². The molecule has 138 valence electrons. The van der Waals surface area contributed by atoms with Gasteiger partial charge in [0.1, 0.15) is 0 Å². The van der Waals surface area contributed by atoms with E-state index in [2.05, 4.69) is 20.3 Å². The molecule has 0 aliphatic rings. The molecule has 0 unspecified atom stereocenters. The van der Waals surface area contributed by atoms with Gasteiger partial charge in [0.2, 0.25) is 5.95 Å². The minimum absolute atomic E-state index is 0.223. The predicted molar refractivity (Wildman–Crippen MR) is 103 cm³/mol. The van der Waals surface area contributed by atoms with Gasteiger partial charge in [-0.2, -0.15) is 4.98 Å². The fourth-order valence-corrected chi connectivity index (χ4v) is 3.15. The van der Waals surface area contributed by atoms with Crippen LogP contribution in [0.5, 0.6) is 0 Å². The number of fused-ring (bicyclic) bond motifs is 2. The monoisotopic (exact) mass is 385 g/mol. The highest BCUT2D eigenvalue weighted by Crippen LogP contribution is 2.25. The molecule has 9 heteroatoms. The van der Waals surface area contributed by atoms with Crippen LogP contribution in [0.15, 0.2) is 44.5 Å². The number of oxazole rings is 1. The lowest BCUT2D eigenvalue weighted by molar-refractivity contribution is 0.527. The maximum Gasteiger partial charge on any atom is 0.420 e. The number of benzene rings is 1. The van der Waals surface area contributed by atoms with Crippen molar-refractivity contribution in [2.24, 2.45) is 7.05 Å². The number of halogens is 1. The molecule has 2 N–H and O–H groups in total. The van der Waals surface area contributed by atoms with Gasteiger partial charge in [-0.1, -0.05) is 11.6 Å². The minimum atomic E-state index is -0.791. The fourth-order valence-electron chi connectivity index (χ4n) is 2.97. The molecule has 3 heterocycles. The Labute approximate surface area is 157 Å². The summed E-state index contributed by atoms with van der Waals surface area (Å²) in [5.74, 6) is -0.243. The fraction of sp³-hybridized carbons (Fsp3) is 0.222. The van der Waals surface area contributed by atoms with Gasteiger partial charge in [-0.3, -0.25) is 9.36 Å². The first-order chi connectivity index (χ1) is 12.7. The summed E-state index contributed by atoms with van der Waals surface area (Å²) in [6.07, 6.45) is 1.42. The van der Waals surface area contributed by atoms with Crippen molar-refractivity contribution >= 4 is 39.7 Å². The highest BCUT2D eigenvalue weighted by Gasteiger charge is 2.26. The van der Waals surface area contributed by atoms with Crippen LogP contribution in [0.25, 0.3) is 22.1 Å². The summed E-state index contributed by atoms with van der Waals surface area (Å²) in [4.78, 5) is 35.6. The zero-order valence-corrected chi connectivity index (χ0v) is 15.6. The Morgan fingerprint density at radius 1 is 1.26 bits per heavy atom. The van der Waals surface area contributed by atoms with Gasteiger partial charge >= 0.3 is 5.76 Å². The Hall–Kier alpha value is -3.13. The van der Waals surface area contributed by atoms with Crippen LogP contribution in [0, 0.1) is 0 Å². The molecule has 3 aromatic heterocycles. The van der Waals surface area contributed by atoms with E-state index in [0.29, 0.717) is 27.3 Å². The van der Waals surface area contributed by atoms with E-state index in [1.165, 1.54) is 10.8 Å². The number of H-pyrrole nitrogens is 1. The lowest BCUT2D eigenvalue weighted by atomic mass is 9.94. The third-order valence-electron chi connectivity index (χ3n) is 4.43. The summed E-state index contributed by atoms with van der Waals surface area (Å²) >= 11 is 6.06. The van der Waals surface area contributed by atoms with E-state index in [9.17, 15) is 9.59 Å². The molecule has 0 saturated carbocycles. The molecule has 0 aliphatic carbocycles. The third-order valence-corrected chi connectivity index (χ3v) is 4.66. The normalized spacial score (nSPS) is 12.0. The highest BCUT2D eigenvalue weighted by molar-refractivity contribution is 6.31. The van der Waals surface area contributed by atoms with E-state index < -0.39 is 11.3 Å². The summed E-state index contributed by atoms with van der Waals surface area (Å²) in [7, 11) is 1.56. The molecule has 0 radical (unpaired) electrons. The summed E-state index contributed by atoms with van der Waals surface area (Å²) in [5.41, 5.74) is 0.855. The summed E-state index contributed by atoms with van der Waals surface area (Å²) < 4.78 is 6.33. The van der Waals surface area contributed by atoms with Gasteiger partial charge in [0.05, 0.1) is 11.7 Å². The summed E-state index contributed by atoms with van der Waals surface area (Å²) in [5, 5.41) is 4.56. The number of hydrogen-bond donors (Lipinski definition) is 2. The van der Waals surface area contributed by atoms with Crippen molar-refractivity contribution in [1.82, 2.24) is 19.5 Å².